The van der Waals surface area contributed by atoms with Crippen molar-refractivity contribution >= 4 is 23.4 Å². The zero-order valence-corrected chi connectivity index (χ0v) is 18.0. The fraction of sp³-hybridized carbons (Fsp3) is 0.478. The minimum Gasteiger partial charge on any atom is -0.348 e. The van der Waals surface area contributed by atoms with Gasteiger partial charge in [-0.15, -0.1) is 0 Å². The Morgan fingerprint density at radius 1 is 1.10 bits per heavy atom. The summed E-state index contributed by atoms with van der Waals surface area (Å²) in [7, 11) is 0. The molecule has 0 spiro atoms. The van der Waals surface area contributed by atoms with E-state index in [0.29, 0.717) is 11.6 Å². The van der Waals surface area contributed by atoms with Crippen molar-refractivity contribution in [2.24, 2.45) is 5.92 Å². The zero-order valence-electron chi connectivity index (χ0n) is 17.3. The molecular formula is C23H28ClN3O2. The van der Waals surface area contributed by atoms with E-state index >= 15 is 0 Å². The van der Waals surface area contributed by atoms with Gasteiger partial charge in [-0.05, 0) is 63.4 Å². The van der Waals surface area contributed by atoms with Gasteiger partial charge in [0, 0.05) is 41.5 Å². The highest BCUT2D eigenvalue weighted by Gasteiger charge is 2.40. The molecule has 0 radical (unpaired) electrons. The first-order valence-electron chi connectivity index (χ1n) is 10.3. The van der Waals surface area contributed by atoms with Gasteiger partial charge < -0.3 is 14.4 Å². The maximum Gasteiger partial charge on any atom is 0.243 e. The summed E-state index contributed by atoms with van der Waals surface area (Å²) >= 11 is 6.09. The largest absolute Gasteiger partial charge is 0.348 e. The molecule has 1 saturated carbocycles. The number of nitrogens with zero attached hydrogens (tertiary/aromatic N) is 3. The molecule has 4 rings (SSSR count). The quantitative estimate of drug-likeness (QED) is 0.757. The number of benzene rings is 1. The lowest BCUT2D eigenvalue weighted by molar-refractivity contribution is -0.147. The van der Waals surface area contributed by atoms with E-state index in [1.807, 2.05) is 56.0 Å². The van der Waals surface area contributed by atoms with Crippen LogP contribution in [0, 0.1) is 5.92 Å². The van der Waals surface area contributed by atoms with Crippen LogP contribution in [0.4, 0.5) is 0 Å². The van der Waals surface area contributed by atoms with Crippen molar-refractivity contribution in [3.8, 4) is 0 Å². The number of carbonyl (C=O) groups excluding carboxylic acids is 2. The highest BCUT2D eigenvalue weighted by molar-refractivity contribution is 6.30. The van der Waals surface area contributed by atoms with Gasteiger partial charge in [-0.2, -0.15) is 0 Å². The molecule has 2 heterocycles. The van der Waals surface area contributed by atoms with Crippen LogP contribution >= 0.6 is 11.6 Å². The summed E-state index contributed by atoms with van der Waals surface area (Å²) in [5, 5.41) is 0.673. The first-order valence-corrected chi connectivity index (χ1v) is 10.6. The molecule has 0 N–H and O–H groups in total. The minimum absolute atomic E-state index is 0.0127. The van der Waals surface area contributed by atoms with Crippen LogP contribution in [0.5, 0.6) is 0 Å². The lowest BCUT2D eigenvalue weighted by atomic mass is 9.99. The van der Waals surface area contributed by atoms with Crippen molar-refractivity contribution in [2.75, 3.05) is 13.1 Å². The number of aromatic nitrogens is 1. The Balaban J connectivity index is 1.63. The van der Waals surface area contributed by atoms with E-state index in [-0.39, 0.29) is 35.9 Å². The SMILES string of the molecule is CC(C)(C)N(CC(=O)N1CCn2cccc2C1c1ccc(Cl)cc1)C(=O)C1CC1. The molecule has 2 amide bonds. The minimum atomic E-state index is -0.388. The average molecular weight is 414 g/mol. The lowest BCUT2D eigenvalue weighted by Crippen LogP contribution is -2.53. The van der Waals surface area contributed by atoms with Gasteiger partial charge in [0.1, 0.15) is 6.54 Å². The summed E-state index contributed by atoms with van der Waals surface area (Å²) in [6.07, 6.45) is 3.92. The second-order valence-electron chi connectivity index (χ2n) is 9.04. The van der Waals surface area contributed by atoms with Gasteiger partial charge in [-0.3, -0.25) is 9.59 Å². The van der Waals surface area contributed by atoms with E-state index in [9.17, 15) is 9.59 Å². The van der Waals surface area contributed by atoms with E-state index in [4.69, 9.17) is 11.6 Å². The van der Waals surface area contributed by atoms with E-state index in [0.717, 1.165) is 30.6 Å². The number of amides is 2. The summed E-state index contributed by atoms with van der Waals surface area (Å²) in [4.78, 5) is 30.0. The average Bonchev–Trinajstić information content (AvgIpc) is 3.41. The third-order valence-electron chi connectivity index (χ3n) is 5.84. The van der Waals surface area contributed by atoms with Gasteiger partial charge in [0.05, 0.1) is 6.04 Å². The van der Waals surface area contributed by atoms with Crippen molar-refractivity contribution in [1.29, 1.82) is 0 Å². The second kappa shape index (κ2) is 7.52. The summed E-state index contributed by atoms with van der Waals surface area (Å²) in [6.45, 7) is 7.48. The number of halogens is 1. The predicted molar refractivity (Wildman–Crippen MR) is 114 cm³/mol. The first kappa shape index (κ1) is 20.0. The normalized spacial score (nSPS) is 19.0. The van der Waals surface area contributed by atoms with E-state index in [1.54, 1.807) is 4.90 Å². The van der Waals surface area contributed by atoms with Gasteiger partial charge in [0.2, 0.25) is 11.8 Å². The molecule has 1 unspecified atom stereocenters. The van der Waals surface area contributed by atoms with E-state index in [2.05, 4.69) is 16.8 Å². The second-order valence-corrected chi connectivity index (χ2v) is 9.47. The van der Waals surface area contributed by atoms with Crippen LogP contribution in [0.2, 0.25) is 5.02 Å². The van der Waals surface area contributed by atoms with Crippen molar-refractivity contribution in [1.82, 2.24) is 14.4 Å². The third kappa shape index (κ3) is 4.06. The van der Waals surface area contributed by atoms with Gasteiger partial charge in [-0.1, -0.05) is 23.7 Å². The van der Waals surface area contributed by atoms with Crippen molar-refractivity contribution in [2.45, 2.75) is 51.7 Å². The van der Waals surface area contributed by atoms with Crippen LogP contribution in [0.25, 0.3) is 0 Å². The Hall–Kier alpha value is -2.27. The molecule has 0 bridgehead atoms. The van der Waals surface area contributed by atoms with Gasteiger partial charge in [0.25, 0.3) is 0 Å². The van der Waals surface area contributed by atoms with Gasteiger partial charge >= 0.3 is 0 Å². The smallest absolute Gasteiger partial charge is 0.243 e. The van der Waals surface area contributed by atoms with Crippen LogP contribution in [0.3, 0.4) is 0 Å². The predicted octanol–water partition coefficient (Wildman–Crippen LogP) is 4.11. The summed E-state index contributed by atoms with van der Waals surface area (Å²) in [5.74, 6) is 0.184. The molecule has 29 heavy (non-hydrogen) atoms. The third-order valence-corrected chi connectivity index (χ3v) is 6.09. The summed E-state index contributed by atoms with van der Waals surface area (Å²) in [6, 6.07) is 11.6. The lowest BCUT2D eigenvalue weighted by Gasteiger charge is -2.41. The molecule has 154 valence electrons. The Labute approximate surface area is 177 Å². The van der Waals surface area contributed by atoms with E-state index < -0.39 is 0 Å². The number of hydrogen-bond acceptors (Lipinski definition) is 2. The maximum absolute atomic E-state index is 13.5. The number of rotatable bonds is 4. The number of carbonyl (C=O) groups is 2. The number of fused-ring (bicyclic) bond motifs is 1. The molecule has 1 aliphatic heterocycles. The summed E-state index contributed by atoms with van der Waals surface area (Å²) in [5.41, 5.74) is 1.72. The number of hydrogen-bond donors (Lipinski definition) is 0. The molecule has 1 aliphatic carbocycles. The molecule has 1 aromatic carbocycles. The van der Waals surface area contributed by atoms with Gasteiger partial charge in [0.15, 0.2) is 0 Å². The molecule has 2 aromatic rings. The van der Waals surface area contributed by atoms with Crippen molar-refractivity contribution in [3.05, 3.63) is 58.9 Å². The van der Waals surface area contributed by atoms with Crippen molar-refractivity contribution < 1.29 is 9.59 Å². The molecule has 2 aliphatic rings. The van der Waals surface area contributed by atoms with Crippen LogP contribution < -0.4 is 0 Å². The standard InChI is InChI=1S/C23H28ClN3O2/c1-23(2,3)27(22(29)17-6-7-17)15-20(28)26-14-13-25-12-4-5-19(25)21(26)16-8-10-18(24)11-9-16/h4-5,8-12,17,21H,6-7,13-15H2,1-3H3. The Kier molecular flexibility index (Phi) is 5.19. The van der Waals surface area contributed by atoms with Crippen LogP contribution in [0.1, 0.15) is 50.9 Å². The fourth-order valence-corrected chi connectivity index (χ4v) is 4.20. The Morgan fingerprint density at radius 3 is 2.41 bits per heavy atom. The van der Waals surface area contributed by atoms with E-state index in [1.165, 1.54) is 0 Å². The molecular weight excluding hydrogens is 386 g/mol. The van der Waals surface area contributed by atoms with Crippen molar-refractivity contribution in [3.63, 3.8) is 0 Å². The summed E-state index contributed by atoms with van der Waals surface area (Å²) < 4.78 is 2.19. The maximum atomic E-state index is 13.5. The zero-order chi connectivity index (χ0) is 20.8. The highest BCUT2D eigenvalue weighted by atomic mass is 35.5. The Bertz CT molecular complexity index is 909. The molecule has 0 saturated heterocycles. The molecule has 1 fully saturated rings. The van der Waals surface area contributed by atoms with Crippen LogP contribution in [-0.2, 0) is 16.1 Å². The molecule has 6 heteroatoms. The fourth-order valence-electron chi connectivity index (χ4n) is 4.07. The molecule has 1 aromatic heterocycles. The molecule has 5 nitrogen and oxygen atoms in total. The topological polar surface area (TPSA) is 45.6 Å². The van der Waals surface area contributed by atoms with Gasteiger partial charge in [-0.25, -0.2) is 0 Å². The first-order chi connectivity index (χ1) is 13.8. The Morgan fingerprint density at radius 2 is 1.79 bits per heavy atom. The van der Waals surface area contributed by atoms with Crippen LogP contribution in [-0.4, -0.2) is 44.8 Å². The molecule has 1 atom stereocenters. The monoisotopic (exact) mass is 413 g/mol. The van der Waals surface area contributed by atoms with Crippen LogP contribution in [0.15, 0.2) is 42.6 Å². The highest BCUT2D eigenvalue weighted by Crippen LogP contribution is 2.35.